The van der Waals surface area contributed by atoms with E-state index >= 15 is 0 Å². The van der Waals surface area contributed by atoms with E-state index in [1.54, 1.807) is 25.3 Å². The fourth-order valence-corrected chi connectivity index (χ4v) is 8.10. The fourth-order valence-electron chi connectivity index (χ4n) is 5.55. The number of aromatic nitrogens is 3. The number of allylic oxidation sites excluding steroid dienone is 3. The molecule has 0 bridgehead atoms. The van der Waals surface area contributed by atoms with Crippen molar-refractivity contribution in [2.45, 2.75) is 64.4 Å². The molecule has 42 heavy (non-hydrogen) atoms. The number of hydrogen-bond acceptors (Lipinski definition) is 5. The highest BCUT2D eigenvalue weighted by Crippen LogP contribution is 2.37. The average Bonchev–Trinajstić information content (AvgIpc) is 3.53. The van der Waals surface area contributed by atoms with Crippen LogP contribution in [0.2, 0.25) is 25.7 Å². The molecular formula is C33H38N4O3SSi. The Kier molecular flexibility index (Phi) is 7.69. The normalized spacial score (nSPS) is 17.5. The molecule has 0 saturated carbocycles. The van der Waals surface area contributed by atoms with Gasteiger partial charge in [0.25, 0.3) is 0 Å². The standard InChI is InChI=1S/C33H38N4O3SSi/c1-23-9-8-15-33(4,20-23)41(38,39)37-16-14-28-27(12-10-24(2)31(28)37)25(3)32-35-29-19-26(21-34)11-13-30(29)36(32)22-40-17-18-42(5,6)7/h8-14,16,19-20H,3,15,17-18,22H2,1-2,4-7H3. The maximum atomic E-state index is 14.1. The molecule has 1 unspecified atom stereocenters. The molecule has 0 spiro atoms. The van der Waals surface area contributed by atoms with Gasteiger partial charge in [0.15, 0.2) is 0 Å². The molecule has 9 heteroatoms. The van der Waals surface area contributed by atoms with E-state index in [4.69, 9.17) is 9.72 Å². The van der Waals surface area contributed by atoms with E-state index in [-0.39, 0.29) is 0 Å². The number of benzene rings is 2. The second-order valence-electron chi connectivity index (χ2n) is 12.6. The van der Waals surface area contributed by atoms with Gasteiger partial charge in [0.05, 0.1) is 28.2 Å². The molecule has 0 amide bonds. The summed E-state index contributed by atoms with van der Waals surface area (Å²) >= 11 is 0. The number of fused-ring (bicyclic) bond motifs is 2. The lowest BCUT2D eigenvalue weighted by Crippen LogP contribution is -2.38. The predicted molar refractivity (Wildman–Crippen MR) is 174 cm³/mol. The van der Waals surface area contributed by atoms with Crippen molar-refractivity contribution in [1.29, 1.82) is 5.26 Å². The van der Waals surface area contributed by atoms with Gasteiger partial charge < -0.3 is 4.74 Å². The largest absolute Gasteiger partial charge is 0.361 e. The second-order valence-corrected chi connectivity index (χ2v) is 20.5. The third-order valence-electron chi connectivity index (χ3n) is 7.99. The summed E-state index contributed by atoms with van der Waals surface area (Å²) in [4.78, 5) is 4.90. The number of imidazole rings is 1. The molecule has 0 fully saturated rings. The van der Waals surface area contributed by atoms with Crippen molar-refractivity contribution >= 4 is 45.6 Å². The molecule has 5 rings (SSSR count). The molecule has 2 aromatic heterocycles. The zero-order valence-corrected chi connectivity index (χ0v) is 27.0. The van der Waals surface area contributed by atoms with Crippen LogP contribution in [0.25, 0.3) is 27.5 Å². The van der Waals surface area contributed by atoms with Gasteiger partial charge in [-0.25, -0.2) is 17.4 Å². The Bertz CT molecular complexity index is 1930. The van der Waals surface area contributed by atoms with E-state index in [2.05, 4.69) is 32.3 Å². The Morgan fingerprint density at radius 2 is 1.95 bits per heavy atom. The van der Waals surface area contributed by atoms with Crippen molar-refractivity contribution in [3.63, 3.8) is 0 Å². The van der Waals surface area contributed by atoms with Crippen LogP contribution in [0.1, 0.15) is 42.8 Å². The van der Waals surface area contributed by atoms with Crippen molar-refractivity contribution in [2.24, 2.45) is 0 Å². The third kappa shape index (κ3) is 5.31. The Morgan fingerprint density at radius 1 is 1.19 bits per heavy atom. The van der Waals surface area contributed by atoms with Crippen LogP contribution in [0, 0.1) is 18.3 Å². The molecule has 1 atom stereocenters. The van der Waals surface area contributed by atoms with Gasteiger partial charge in [-0.15, -0.1) is 0 Å². The van der Waals surface area contributed by atoms with Crippen LogP contribution in [0.4, 0.5) is 0 Å². The minimum Gasteiger partial charge on any atom is -0.361 e. The van der Waals surface area contributed by atoms with Gasteiger partial charge in [-0.05, 0) is 68.6 Å². The third-order valence-corrected chi connectivity index (χ3v) is 12.0. The molecule has 2 aromatic carbocycles. The molecule has 0 N–H and O–H groups in total. The van der Waals surface area contributed by atoms with Gasteiger partial charge in [-0.3, -0.25) is 4.57 Å². The van der Waals surface area contributed by atoms with Crippen LogP contribution < -0.4 is 0 Å². The van der Waals surface area contributed by atoms with E-state index in [1.807, 2.05) is 60.9 Å². The Morgan fingerprint density at radius 3 is 2.64 bits per heavy atom. The number of nitrogens with zero attached hydrogens (tertiary/aromatic N) is 4. The molecule has 0 radical (unpaired) electrons. The van der Waals surface area contributed by atoms with E-state index in [9.17, 15) is 13.7 Å². The summed E-state index contributed by atoms with van der Waals surface area (Å²) in [6, 6.07) is 14.4. The summed E-state index contributed by atoms with van der Waals surface area (Å²) < 4.78 is 36.7. The zero-order chi connectivity index (χ0) is 30.4. The van der Waals surface area contributed by atoms with Gasteiger partial charge in [0.2, 0.25) is 10.0 Å². The van der Waals surface area contributed by atoms with Crippen LogP contribution in [-0.4, -0.2) is 41.4 Å². The van der Waals surface area contributed by atoms with Crippen molar-refractivity contribution in [1.82, 2.24) is 13.5 Å². The summed E-state index contributed by atoms with van der Waals surface area (Å²) in [6.07, 6.45) is 7.78. The molecule has 1 aliphatic rings. The Labute approximate surface area is 249 Å². The number of aryl methyl sites for hydroxylation is 1. The van der Waals surface area contributed by atoms with E-state index in [1.165, 1.54) is 3.97 Å². The van der Waals surface area contributed by atoms with Gasteiger partial charge >= 0.3 is 0 Å². The van der Waals surface area contributed by atoms with Gasteiger partial charge in [0.1, 0.15) is 17.3 Å². The summed E-state index contributed by atoms with van der Waals surface area (Å²) in [6.45, 7) is 18.0. The molecule has 4 aromatic rings. The highest BCUT2D eigenvalue weighted by atomic mass is 32.2. The highest BCUT2D eigenvalue weighted by Gasteiger charge is 2.39. The number of nitriles is 1. The molecule has 218 valence electrons. The van der Waals surface area contributed by atoms with Crippen LogP contribution in [-0.2, 0) is 21.5 Å². The minimum absolute atomic E-state index is 0.295. The zero-order valence-electron chi connectivity index (χ0n) is 25.2. The number of ether oxygens (including phenoxy) is 1. The van der Waals surface area contributed by atoms with Crippen LogP contribution in [0.3, 0.4) is 0 Å². The molecule has 0 saturated heterocycles. The molecule has 7 nitrogen and oxygen atoms in total. The van der Waals surface area contributed by atoms with Crippen molar-refractivity contribution in [3.8, 4) is 6.07 Å². The van der Waals surface area contributed by atoms with E-state index < -0.39 is 22.8 Å². The van der Waals surface area contributed by atoms with Crippen LogP contribution in [0.15, 0.2) is 73.0 Å². The lowest BCUT2D eigenvalue weighted by molar-refractivity contribution is 0.0893. The maximum absolute atomic E-state index is 14.1. The highest BCUT2D eigenvalue weighted by molar-refractivity contribution is 7.91. The minimum atomic E-state index is -3.78. The lowest BCUT2D eigenvalue weighted by atomic mass is 9.98. The van der Waals surface area contributed by atoms with Crippen molar-refractivity contribution < 1.29 is 13.2 Å². The summed E-state index contributed by atoms with van der Waals surface area (Å²) in [5, 5.41) is 10.3. The maximum Gasteiger partial charge on any atom is 0.248 e. The fraction of sp³-hybridized carbons (Fsp3) is 0.333. The Hall–Kier alpha value is -3.71. The van der Waals surface area contributed by atoms with Gasteiger partial charge in [0, 0.05) is 31.8 Å². The molecule has 1 aliphatic carbocycles. The molecular weight excluding hydrogens is 561 g/mol. The van der Waals surface area contributed by atoms with Gasteiger partial charge in [-0.1, -0.05) is 62.2 Å². The Balaban J connectivity index is 1.60. The van der Waals surface area contributed by atoms with Gasteiger partial charge in [-0.2, -0.15) is 5.26 Å². The predicted octanol–water partition coefficient (Wildman–Crippen LogP) is 7.39. The van der Waals surface area contributed by atoms with E-state index in [0.717, 1.165) is 33.6 Å². The molecule has 2 heterocycles. The monoisotopic (exact) mass is 598 g/mol. The lowest BCUT2D eigenvalue weighted by Gasteiger charge is -2.28. The SMILES string of the molecule is C=C(c1ccc(C)c2c1ccn2S(=O)(=O)C1(C)C=C(C)C=CC1)c1nc2cc(C#N)ccc2n1COCC[Si](C)(C)C. The summed E-state index contributed by atoms with van der Waals surface area (Å²) in [5.74, 6) is 0.622. The first-order valence-corrected chi connectivity index (χ1v) is 19.3. The quantitative estimate of drug-likeness (QED) is 0.148. The molecule has 0 aliphatic heterocycles. The summed E-state index contributed by atoms with van der Waals surface area (Å²) in [5.41, 5.74) is 5.93. The van der Waals surface area contributed by atoms with Crippen molar-refractivity contribution in [3.05, 3.63) is 95.5 Å². The van der Waals surface area contributed by atoms with E-state index in [0.29, 0.717) is 47.8 Å². The van der Waals surface area contributed by atoms with Crippen LogP contribution in [0.5, 0.6) is 0 Å². The first-order valence-electron chi connectivity index (χ1n) is 14.2. The number of rotatable bonds is 9. The van der Waals surface area contributed by atoms with Crippen molar-refractivity contribution in [2.75, 3.05) is 6.61 Å². The number of hydrogen-bond donors (Lipinski definition) is 0. The first-order chi connectivity index (χ1) is 19.8. The summed E-state index contributed by atoms with van der Waals surface area (Å²) in [7, 11) is -5.05. The average molecular weight is 599 g/mol. The smallest absolute Gasteiger partial charge is 0.248 e. The second kappa shape index (κ2) is 10.8. The topological polar surface area (TPSA) is 89.9 Å². The first kappa shape index (κ1) is 29.8. The van der Waals surface area contributed by atoms with Crippen LogP contribution >= 0.6 is 0 Å².